The van der Waals surface area contributed by atoms with Gasteiger partial charge in [0.15, 0.2) is 0 Å². The number of hydrogen-bond acceptors (Lipinski definition) is 5. The summed E-state index contributed by atoms with van der Waals surface area (Å²) in [7, 11) is 1.90. The lowest BCUT2D eigenvalue weighted by molar-refractivity contribution is 0.0818. The molecule has 2 rings (SSSR count). The lowest BCUT2D eigenvalue weighted by Crippen LogP contribution is -2.30. The van der Waals surface area contributed by atoms with Gasteiger partial charge in [-0.1, -0.05) is 0 Å². The van der Waals surface area contributed by atoms with Gasteiger partial charge >= 0.3 is 0 Å². The molecule has 0 bridgehead atoms. The zero-order valence-corrected chi connectivity index (χ0v) is 9.90. The molecule has 5 nitrogen and oxygen atoms in total. The highest BCUT2D eigenvalue weighted by atomic mass is 16.5. The van der Waals surface area contributed by atoms with Crippen LogP contribution in [0.25, 0.3) is 0 Å². The van der Waals surface area contributed by atoms with Crippen molar-refractivity contribution in [1.29, 1.82) is 0 Å². The highest BCUT2D eigenvalue weighted by molar-refractivity contribution is 5.27. The van der Waals surface area contributed by atoms with Crippen LogP contribution >= 0.6 is 0 Å². The number of nitrogens with zero attached hydrogens (tertiary/aromatic N) is 2. The fourth-order valence-corrected chi connectivity index (χ4v) is 1.87. The van der Waals surface area contributed by atoms with E-state index in [4.69, 9.17) is 9.15 Å². The van der Waals surface area contributed by atoms with E-state index < -0.39 is 0 Å². The fraction of sp³-hybridized carbons (Fsp3) is 0.727. The maximum Gasteiger partial charge on any atom is 0.297 e. The Morgan fingerprint density at radius 2 is 2.50 bits per heavy atom. The van der Waals surface area contributed by atoms with E-state index in [0.717, 1.165) is 38.4 Å². The third-order valence-electron chi connectivity index (χ3n) is 2.62. The van der Waals surface area contributed by atoms with E-state index in [0.29, 0.717) is 6.01 Å². The second-order valence-electron chi connectivity index (χ2n) is 4.13. The monoisotopic (exact) mass is 225 g/mol. The van der Waals surface area contributed by atoms with Gasteiger partial charge in [-0.25, -0.2) is 0 Å². The van der Waals surface area contributed by atoms with Crippen molar-refractivity contribution in [2.24, 2.45) is 0 Å². The van der Waals surface area contributed by atoms with Crippen LogP contribution in [0.4, 0.5) is 6.01 Å². The van der Waals surface area contributed by atoms with Crippen molar-refractivity contribution >= 4 is 6.01 Å². The van der Waals surface area contributed by atoms with Crippen LogP contribution in [0.3, 0.4) is 0 Å². The van der Waals surface area contributed by atoms with Gasteiger partial charge in [-0.3, -0.25) is 0 Å². The molecule has 0 spiro atoms. The molecule has 1 aliphatic heterocycles. The quantitative estimate of drug-likeness (QED) is 0.832. The Hall–Kier alpha value is -1.07. The third kappa shape index (κ3) is 2.74. The molecule has 1 N–H and O–H groups in total. The molecule has 0 aliphatic carbocycles. The molecular formula is C11H19N3O2. The van der Waals surface area contributed by atoms with Gasteiger partial charge in [0, 0.05) is 26.2 Å². The third-order valence-corrected chi connectivity index (χ3v) is 2.62. The van der Waals surface area contributed by atoms with Gasteiger partial charge in [-0.05, 0) is 20.4 Å². The molecular weight excluding hydrogens is 206 g/mol. The summed E-state index contributed by atoms with van der Waals surface area (Å²) in [6.45, 7) is 5.43. The summed E-state index contributed by atoms with van der Waals surface area (Å²) in [6.07, 6.45) is 2.97. The van der Waals surface area contributed by atoms with Crippen LogP contribution in [-0.4, -0.2) is 37.8 Å². The Morgan fingerprint density at radius 3 is 3.31 bits per heavy atom. The molecule has 1 unspecified atom stereocenters. The van der Waals surface area contributed by atoms with E-state index in [2.05, 4.69) is 22.1 Å². The van der Waals surface area contributed by atoms with Crippen LogP contribution in [0.1, 0.15) is 19.0 Å². The predicted molar refractivity (Wildman–Crippen MR) is 61.5 cm³/mol. The number of hydrogen-bond donors (Lipinski definition) is 1. The number of oxazole rings is 1. The van der Waals surface area contributed by atoms with Crippen molar-refractivity contribution in [3.05, 3.63) is 12.0 Å². The average Bonchev–Trinajstić information content (AvgIpc) is 2.61. The Labute approximate surface area is 95.8 Å². The molecule has 2 heterocycles. The summed E-state index contributed by atoms with van der Waals surface area (Å²) < 4.78 is 11.1. The Balaban J connectivity index is 2.03. The molecule has 0 aromatic carbocycles. The summed E-state index contributed by atoms with van der Waals surface area (Å²) in [5, 5.41) is 3.06. The van der Waals surface area contributed by atoms with E-state index in [1.165, 1.54) is 0 Å². The zero-order chi connectivity index (χ0) is 11.4. The summed E-state index contributed by atoms with van der Waals surface area (Å²) in [4.78, 5) is 6.59. The molecule has 1 fully saturated rings. The van der Waals surface area contributed by atoms with E-state index in [-0.39, 0.29) is 6.10 Å². The molecule has 1 aliphatic rings. The van der Waals surface area contributed by atoms with Crippen LogP contribution in [0, 0.1) is 0 Å². The second-order valence-corrected chi connectivity index (χ2v) is 4.13. The summed E-state index contributed by atoms with van der Waals surface area (Å²) in [6, 6.07) is 0.711. The minimum Gasteiger partial charge on any atom is -0.432 e. The zero-order valence-electron chi connectivity index (χ0n) is 9.90. The van der Waals surface area contributed by atoms with Crippen molar-refractivity contribution in [1.82, 2.24) is 10.3 Å². The molecule has 0 saturated carbocycles. The molecule has 0 radical (unpaired) electrons. The Kier molecular flexibility index (Phi) is 3.79. The molecule has 1 atom stereocenters. The van der Waals surface area contributed by atoms with E-state index in [1.54, 1.807) is 6.26 Å². The number of anilines is 1. The van der Waals surface area contributed by atoms with Gasteiger partial charge in [-0.15, -0.1) is 0 Å². The van der Waals surface area contributed by atoms with Crippen LogP contribution in [0.5, 0.6) is 0 Å². The van der Waals surface area contributed by atoms with Gasteiger partial charge in [-0.2, -0.15) is 4.98 Å². The van der Waals surface area contributed by atoms with Crippen molar-refractivity contribution in [3.63, 3.8) is 0 Å². The number of nitrogens with one attached hydrogen (secondary N) is 1. The molecule has 90 valence electrons. The van der Waals surface area contributed by atoms with Crippen molar-refractivity contribution in [2.75, 3.05) is 31.6 Å². The highest BCUT2D eigenvalue weighted by Crippen LogP contribution is 2.17. The first-order chi connectivity index (χ1) is 7.79. The summed E-state index contributed by atoms with van der Waals surface area (Å²) in [5.41, 5.74) is 0.940. The van der Waals surface area contributed by atoms with Crippen molar-refractivity contribution < 1.29 is 9.15 Å². The van der Waals surface area contributed by atoms with E-state index in [1.807, 2.05) is 7.05 Å². The maximum atomic E-state index is 5.59. The van der Waals surface area contributed by atoms with Crippen LogP contribution in [-0.2, 0) is 11.3 Å². The van der Waals surface area contributed by atoms with Gasteiger partial charge in [0.05, 0.1) is 11.8 Å². The average molecular weight is 225 g/mol. The number of rotatable bonds is 3. The first-order valence-electron chi connectivity index (χ1n) is 5.75. The maximum absolute atomic E-state index is 5.59. The lowest BCUT2D eigenvalue weighted by atomic mass is 10.3. The fourth-order valence-electron chi connectivity index (χ4n) is 1.87. The molecule has 0 amide bonds. The molecule has 1 saturated heterocycles. The van der Waals surface area contributed by atoms with Crippen LogP contribution in [0.2, 0.25) is 0 Å². The minimum absolute atomic E-state index is 0.238. The number of aromatic nitrogens is 1. The minimum atomic E-state index is 0.238. The molecule has 1 aromatic heterocycles. The van der Waals surface area contributed by atoms with Crippen molar-refractivity contribution in [3.8, 4) is 0 Å². The van der Waals surface area contributed by atoms with Gasteiger partial charge in [0.1, 0.15) is 6.26 Å². The largest absolute Gasteiger partial charge is 0.432 e. The second kappa shape index (κ2) is 5.32. The number of ether oxygens (including phenoxy) is 1. The molecule has 16 heavy (non-hydrogen) atoms. The van der Waals surface area contributed by atoms with Gasteiger partial charge in [0.25, 0.3) is 6.01 Å². The van der Waals surface area contributed by atoms with Crippen LogP contribution in [0.15, 0.2) is 10.7 Å². The predicted octanol–water partition coefficient (Wildman–Crippen LogP) is 1.01. The Morgan fingerprint density at radius 1 is 1.62 bits per heavy atom. The smallest absolute Gasteiger partial charge is 0.297 e. The Bertz CT molecular complexity index is 327. The highest BCUT2D eigenvalue weighted by Gasteiger charge is 2.19. The molecule has 5 heteroatoms. The van der Waals surface area contributed by atoms with Gasteiger partial charge in [0.2, 0.25) is 0 Å². The standard InChI is InChI=1S/C11H19N3O2/c1-9-7-14(4-3-5-15-9)11-13-10(6-12-2)8-16-11/h8-9,12H,3-7H2,1-2H3. The lowest BCUT2D eigenvalue weighted by Gasteiger charge is -2.19. The normalized spacial score (nSPS) is 22.1. The summed E-state index contributed by atoms with van der Waals surface area (Å²) >= 11 is 0. The SMILES string of the molecule is CNCc1coc(N2CCCOC(C)C2)n1. The van der Waals surface area contributed by atoms with E-state index >= 15 is 0 Å². The van der Waals surface area contributed by atoms with E-state index in [9.17, 15) is 0 Å². The first kappa shape index (κ1) is 11.4. The topological polar surface area (TPSA) is 50.5 Å². The van der Waals surface area contributed by atoms with Crippen molar-refractivity contribution in [2.45, 2.75) is 26.0 Å². The first-order valence-corrected chi connectivity index (χ1v) is 5.75. The van der Waals surface area contributed by atoms with Gasteiger partial charge < -0.3 is 19.4 Å². The molecule has 1 aromatic rings. The summed E-state index contributed by atoms with van der Waals surface area (Å²) in [5.74, 6) is 0. The van der Waals surface area contributed by atoms with Crippen LogP contribution < -0.4 is 10.2 Å².